The molecular weight excluding hydrogens is 266 g/mol. The highest BCUT2D eigenvalue weighted by molar-refractivity contribution is 5.81. The molecule has 5 heteroatoms. The van der Waals surface area contributed by atoms with E-state index in [1.165, 1.54) is 0 Å². The van der Waals surface area contributed by atoms with Crippen LogP contribution < -0.4 is 5.32 Å². The van der Waals surface area contributed by atoms with E-state index in [2.05, 4.69) is 35.6 Å². The Kier molecular flexibility index (Phi) is 5.04. The van der Waals surface area contributed by atoms with Gasteiger partial charge in [-0.2, -0.15) is 0 Å². The van der Waals surface area contributed by atoms with Crippen LogP contribution in [0.3, 0.4) is 0 Å². The van der Waals surface area contributed by atoms with E-state index in [4.69, 9.17) is 4.74 Å². The lowest BCUT2D eigenvalue weighted by molar-refractivity contribution is -0.151. The number of hydrogen-bond acceptors (Lipinski definition) is 4. The minimum atomic E-state index is -0.551. The average molecular weight is 293 g/mol. The van der Waals surface area contributed by atoms with Crippen molar-refractivity contribution < 1.29 is 9.53 Å². The van der Waals surface area contributed by atoms with Crippen molar-refractivity contribution in [1.29, 1.82) is 0 Å². The van der Waals surface area contributed by atoms with Gasteiger partial charge in [0, 0.05) is 30.9 Å². The number of ether oxygens (including phenoxy) is 1. The van der Waals surface area contributed by atoms with Crippen LogP contribution in [-0.2, 0) is 16.0 Å². The molecule has 118 valence electrons. The molecule has 21 heavy (non-hydrogen) atoms. The summed E-state index contributed by atoms with van der Waals surface area (Å²) in [6.45, 7) is 8.54. The van der Waals surface area contributed by atoms with Crippen molar-refractivity contribution in [3.63, 3.8) is 0 Å². The Balaban J connectivity index is 2.20. The second-order valence-electron chi connectivity index (χ2n) is 6.10. The van der Waals surface area contributed by atoms with E-state index >= 15 is 0 Å². The highest BCUT2D eigenvalue weighted by Crippen LogP contribution is 2.39. The first-order valence-electron chi connectivity index (χ1n) is 7.99. The fraction of sp³-hybridized carbons (Fsp3) is 0.750. The molecule has 1 aliphatic rings. The normalized spacial score (nSPS) is 25.5. The number of aromatic nitrogens is 2. The molecule has 0 bridgehead atoms. The lowest BCUT2D eigenvalue weighted by Gasteiger charge is -2.30. The summed E-state index contributed by atoms with van der Waals surface area (Å²) in [5, 5.41) is 3.46. The fourth-order valence-corrected chi connectivity index (χ4v) is 3.40. The third kappa shape index (κ3) is 3.28. The molecule has 0 spiro atoms. The van der Waals surface area contributed by atoms with Crippen LogP contribution in [-0.4, -0.2) is 33.7 Å². The van der Waals surface area contributed by atoms with Gasteiger partial charge in [0.15, 0.2) is 0 Å². The molecule has 2 rings (SSSR count). The Morgan fingerprint density at radius 2 is 2.33 bits per heavy atom. The van der Waals surface area contributed by atoms with Crippen LogP contribution in [0, 0.1) is 0 Å². The van der Waals surface area contributed by atoms with E-state index in [-0.39, 0.29) is 12.0 Å². The molecular formula is C16H27N3O2. The molecule has 2 unspecified atom stereocenters. The lowest BCUT2D eigenvalue weighted by Crippen LogP contribution is -2.53. The summed E-state index contributed by atoms with van der Waals surface area (Å²) in [7, 11) is 0. The quantitative estimate of drug-likeness (QED) is 0.819. The van der Waals surface area contributed by atoms with Gasteiger partial charge in [0.2, 0.25) is 0 Å². The summed E-state index contributed by atoms with van der Waals surface area (Å²) in [6.07, 6.45) is 7.35. The highest BCUT2D eigenvalue weighted by atomic mass is 16.5. The molecule has 0 radical (unpaired) electrons. The van der Waals surface area contributed by atoms with Gasteiger partial charge >= 0.3 is 5.97 Å². The number of aryl methyl sites for hydroxylation is 1. The highest BCUT2D eigenvalue weighted by Gasteiger charge is 2.47. The molecule has 0 saturated heterocycles. The Morgan fingerprint density at radius 3 is 2.95 bits per heavy atom. The number of nitrogens with one attached hydrogen (secondary N) is 1. The fourth-order valence-electron chi connectivity index (χ4n) is 3.40. The summed E-state index contributed by atoms with van der Waals surface area (Å²) >= 11 is 0. The molecule has 2 atom stereocenters. The van der Waals surface area contributed by atoms with Crippen molar-refractivity contribution >= 4 is 5.97 Å². The van der Waals surface area contributed by atoms with E-state index in [1.807, 2.05) is 19.3 Å². The van der Waals surface area contributed by atoms with Gasteiger partial charge in [-0.05, 0) is 40.0 Å². The maximum absolute atomic E-state index is 12.5. The Labute approximate surface area is 127 Å². The summed E-state index contributed by atoms with van der Waals surface area (Å²) in [5.41, 5.74) is -0.551. The van der Waals surface area contributed by atoms with Crippen molar-refractivity contribution in [1.82, 2.24) is 14.9 Å². The summed E-state index contributed by atoms with van der Waals surface area (Å²) in [4.78, 5) is 16.9. The minimum absolute atomic E-state index is 0.112. The standard InChI is InChI=1S/C16H27N3O2/c1-5-14-17-9-10-19(14)13-7-8-16(11-13,18-12(3)4)15(20)21-6-2/h9-10,12-13,18H,5-8,11H2,1-4H3. The van der Waals surface area contributed by atoms with E-state index in [0.717, 1.165) is 31.5 Å². The molecule has 1 saturated carbocycles. The van der Waals surface area contributed by atoms with Crippen LogP contribution in [0.25, 0.3) is 0 Å². The smallest absolute Gasteiger partial charge is 0.326 e. The molecule has 1 aliphatic carbocycles. The van der Waals surface area contributed by atoms with Crippen molar-refractivity contribution in [3.8, 4) is 0 Å². The van der Waals surface area contributed by atoms with Gasteiger partial charge < -0.3 is 9.30 Å². The maximum Gasteiger partial charge on any atom is 0.326 e. The van der Waals surface area contributed by atoms with E-state index in [0.29, 0.717) is 12.6 Å². The van der Waals surface area contributed by atoms with E-state index in [1.54, 1.807) is 0 Å². The molecule has 1 aromatic rings. The van der Waals surface area contributed by atoms with Gasteiger partial charge in [-0.1, -0.05) is 6.92 Å². The largest absolute Gasteiger partial charge is 0.465 e. The molecule has 1 fully saturated rings. The van der Waals surface area contributed by atoms with Crippen molar-refractivity contribution in [2.75, 3.05) is 6.61 Å². The number of esters is 1. The Bertz CT molecular complexity index is 484. The lowest BCUT2D eigenvalue weighted by atomic mass is 9.96. The van der Waals surface area contributed by atoms with Crippen LogP contribution in [0.2, 0.25) is 0 Å². The average Bonchev–Trinajstić information content (AvgIpc) is 3.04. The molecule has 1 heterocycles. The van der Waals surface area contributed by atoms with Gasteiger partial charge in [-0.25, -0.2) is 4.98 Å². The SMILES string of the molecule is CCOC(=O)C1(NC(C)C)CCC(n2ccnc2CC)C1. The van der Waals surface area contributed by atoms with E-state index in [9.17, 15) is 4.79 Å². The van der Waals surface area contributed by atoms with Crippen LogP contribution in [0.5, 0.6) is 0 Å². The number of imidazole rings is 1. The molecule has 1 aromatic heterocycles. The molecule has 1 N–H and O–H groups in total. The summed E-state index contributed by atoms with van der Waals surface area (Å²) < 4.78 is 7.55. The predicted octanol–water partition coefficient (Wildman–Crippen LogP) is 2.47. The maximum atomic E-state index is 12.5. The first-order chi connectivity index (χ1) is 10.0. The number of rotatable bonds is 6. The Hall–Kier alpha value is -1.36. The molecule has 0 aliphatic heterocycles. The number of hydrogen-bond donors (Lipinski definition) is 1. The molecule has 5 nitrogen and oxygen atoms in total. The first-order valence-corrected chi connectivity index (χ1v) is 7.99. The molecule has 0 aromatic carbocycles. The molecule has 0 amide bonds. The number of nitrogens with zero attached hydrogens (tertiary/aromatic N) is 2. The van der Waals surface area contributed by atoms with Gasteiger partial charge in [0.05, 0.1) is 6.61 Å². The van der Waals surface area contributed by atoms with Crippen LogP contribution in [0.15, 0.2) is 12.4 Å². The zero-order valence-electron chi connectivity index (χ0n) is 13.6. The predicted molar refractivity (Wildman–Crippen MR) is 82.1 cm³/mol. The zero-order chi connectivity index (χ0) is 15.5. The topological polar surface area (TPSA) is 56.1 Å². The van der Waals surface area contributed by atoms with E-state index < -0.39 is 5.54 Å². The van der Waals surface area contributed by atoms with Crippen molar-refractivity contribution in [3.05, 3.63) is 18.2 Å². The third-order valence-electron chi connectivity index (χ3n) is 4.18. The van der Waals surface area contributed by atoms with Crippen LogP contribution >= 0.6 is 0 Å². The summed E-state index contributed by atoms with van der Waals surface area (Å²) in [5.74, 6) is 0.976. The van der Waals surface area contributed by atoms with Gasteiger partial charge in [0.25, 0.3) is 0 Å². The third-order valence-corrected chi connectivity index (χ3v) is 4.18. The Morgan fingerprint density at radius 1 is 1.57 bits per heavy atom. The second-order valence-corrected chi connectivity index (χ2v) is 6.10. The monoisotopic (exact) mass is 293 g/mol. The second kappa shape index (κ2) is 6.60. The zero-order valence-corrected chi connectivity index (χ0v) is 13.6. The minimum Gasteiger partial charge on any atom is -0.465 e. The number of carbonyl (C=O) groups excluding carboxylic acids is 1. The summed E-state index contributed by atoms with van der Waals surface area (Å²) in [6, 6.07) is 0.569. The van der Waals surface area contributed by atoms with Crippen molar-refractivity contribution in [2.24, 2.45) is 0 Å². The van der Waals surface area contributed by atoms with Gasteiger partial charge in [-0.3, -0.25) is 10.1 Å². The first kappa shape index (κ1) is 16.0. The van der Waals surface area contributed by atoms with Crippen LogP contribution in [0.1, 0.15) is 58.8 Å². The van der Waals surface area contributed by atoms with Gasteiger partial charge in [0.1, 0.15) is 11.4 Å². The number of carbonyl (C=O) groups is 1. The van der Waals surface area contributed by atoms with Gasteiger partial charge in [-0.15, -0.1) is 0 Å². The van der Waals surface area contributed by atoms with Crippen molar-refractivity contribution in [2.45, 2.75) is 71.0 Å². The van der Waals surface area contributed by atoms with Crippen LogP contribution in [0.4, 0.5) is 0 Å².